The highest BCUT2D eigenvalue weighted by molar-refractivity contribution is 6.00. The standard InChI is InChI=1S/C13H15N5O2/c1-2-3-12(19)16-11-6-4-10(5-7-11)13(20)17-18-8-14-15-9-18/h4-9H,2-3H2,1H3,(H,16,19)(H,17,20). The second kappa shape index (κ2) is 6.46. The van der Waals surface area contributed by atoms with E-state index in [-0.39, 0.29) is 11.8 Å². The topological polar surface area (TPSA) is 88.9 Å². The van der Waals surface area contributed by atoms with Crippen LogP contribution in [-0.4, -0.2) is 26.7 Å². The van der Waals surface area contributed by atoms with E-state index in [4.69, 9.17) is 0 Å². The first kappa shape index (κ1) is 13.7. The van der Waals surface area contributed by atoms with Crippen molar-refractivity contribution >= 4 is 17.5 Å². The van der Waals surface area contributed by atoms with Crippen molar-refractivity contribution in [3.05, 3.63) is 42.5 Å². The Hall–Kier alpha value is -2.70. The SMILES string of the molecule is CCCC(=O)Nc1ccc(C(=O)Nn2cnnc2)cc1. The molecule has 1 heterocycles. The van der Waals surface area contributed by atoms with Gasteiger partial charge in [-0.15, -0.1) is 10.2 Å². The minimum absolute atomic E-state index is 0.0332. The molecular formula is C13H15N5O2. The molecule has 0 fully saturated rings. The van der Waals surface area contributed by atoms with Crippen LogP contribution in [0.4, 0.5) is 5.69 Å². The molecule has 0 aliphatic carbocycles. The largest absolute Gasteiger partial charge is 0.326 e. The maximum absolute atomic E-state index is 11.9. The molecule has 0 unspecified atom stereocenters. The Morgan fingerprint density at radius 3 is 2.40 bits per heavy atom. The number of nitrogens with one attached hydrogen (secondary N) is 2. The van der Waals surface area contributed by atoms with E-state index in [2.05, 4.69) is 20.9 Å². The zero-order chi connectivity index (χ0) is 14.4. The minimum atomic E-state index is -0.281. The fraction of sp³-hybridized carbons (Fsp3) is 0.231. The third-order valence-corrected chi connectivity index (χ3v) is 2.56. The third kappa shape index (κ3) is 3.64. The van der Waals surface area contributed by atoms with Crippen molar-refractivity contribution in [2.45, 2.75) is 19.8 Å². The van der Waals surface area contributed by atoms with Gasteiger partial charge in [-0.2, -0.15) is 0 Å². The first-order chi connectivity index (χ1) is 9.69. The number of nitrogens with zero attached hydrogens (tertiary/aromatic N) is 3. The van der Waals surface area contributed by atoms with Crippen LogP contribution in [0.5, 0.6) is 0 Å². The highest BCUT2D eigenvalue weighted by atomic mass is 16.2. The van der Waals surface area contributed by atoms with E-state index in [1.54, 1.807) is 24.3 Å². The molecule has 0 saturated heterocycles. The van der Waals surface area contributed by atoms with Gasteiger partial charge in [0.25, 0.3) is 5.91 Å². The summed E-state index contributed by atoms with van der Waals surface area (Å²) >= 11 is 0. The Bertz CT molecular complexity index is 577. The number of hydrogen-bond acceptors (Lipinski definition) is 4. The zero-order valence-corrected chi connectivity index (χ0v) is 11.0. The second-order valence-electron chi connectivity index (χ2n) is 4.19. The van der Waals surface area contributed by atoms with Gasteiger partial charge in [0.1, 0.15) is 12.7 Å². The Balaban J connectivity index is 1.97. The van der Waals surface area contributed by atoms with Crippen LogP contribution in [0.3, 0.4) is 0 Å². The van der Waals surface area contributed by atoms with Crippen molar-refractivity contribution < 1.29 is 9.59 Å². The van der Waals surface area contributed by atoms with E-state index in [1.165, 1.54) is 17.3 Å². The van der Waals surface area contributed by atoms with Crippen LogP contribution in [0.15, 0.2) is 36.9 Å². The lowest BCUT2D eigenvalue weighted by molar-refractivity contribution is -0.116. The van der Waals surface area contributed by atoms with E-state index in [0.29, 0.717) is 17.7 Å². The van der Waals surface area contributed by atoms with Crippen molar-refractivity contribution in [1.82, 2.24) is 14.9 Å². The van der Waals surface area contributed by atoms with Crippen LogP contribution in [0, 0.1) is 0 Å². The molecule has 1 aromatic carbocycles. The van der Waals surface area contributed by atoms with Gasteiger partial charge >= 0.3 is 0 Å². The zero-order valence-electron chi connectivity index (χ0n) is 11.0. The van der Waals surface area contributed by atoms with Crippen molar-refractivity contribution in [3.63, 3.8) is 0 Å². The average molecular weight is 273 g/mol. The van der Waals surface area contributed by atoms with Crippen LogP contribution < -0.4 is 10.7 Å². The molecule has 7 nitrogen and oxygen atoms in total. The molecule has 7 heteroatoms. The summed E-state index contributed by atoms with van der Waals surface area (Å²) in [7, 11) is 0. The Labute approximate surface area is 116 Å². The number of carbonyl (C=O) groups excluding carboxylic acids is 2. The lowest BCUT2D eigenvalue weighted by Crippen LogP contribution is -2.21. The van der Waals surface area contributed by atoms with Crippen LogP contribution in [0.1, 0.15) is 30.1 Å². The molecule has 0 saturated carbocycles. The normalized spacial score (nSPS) is 10.1. The van der Waals surface area contributed by atoms with Crippen molar-refractivity contribution in [1.29, 1.82) is 0 Å². The fourth-order valence-corrected chi connectivity index (χ4v) is 1.60. The molecule has 2 N–H and O–H groups in total. The van der Waals surface area contributed by atoms with Crippen LogP contribution >= 0.6 is 0 Å². The summed E-state index contributed by atoms with van der Waals surface area (Å²) in [6, 6.07) is 6.66. The van der Waals surface area contributed by atoms with E-state index in [1.807, 2.05) is 6.92 Å². The average Bonchev–Trinajstić information content (AvgIpc) is 2.92. The molecule has 20 heavy (non-hydrogen) atoms. The Morgan fingerprint density at radius 2 is 1.80 bits per heavy atom. The van der Waals surface area contributed by atoms with E-state index < -0.39 is 0 Å². The van der Waals surface area contributed by atoms with Gasteiger partial charge in [-0.25, -0.2) is 4.68 Å². The molecule has 0 atom stereocenters. The number of carbonyl (C=O) groups is 2. The van der Waals surface area contributed by atoms with Crippen LogP contribution in [0.2, 0.25) is 0 Å². The lowest BCUT2D eigenvalue weighted by Gasteiger charge is -2.07. The van der Waals surface area contributed by atoms with Gasteiger partial charge in [0.2, 0.25) is 5.91 Å². The molecule has 0 aliphatic rings. The van der Waals surface area contributed by atoms with Gasteiger partial charge < -0.3 is 5.32 Å². The van der Waals surface area contributed by atoms with Crippen molar-refractivity contribution in [2.75, 3.05) is 10.7 Å². The molecule has 2 aromatic rings. The van der Waals surface area contributed by atoms with Crippen molar-refractivity contribution in [3.8, 4) is 0 Å². The van der Waals surface area contributed by atoms with Gasteiger partial charge in [0, 0.05) is 17.7 Å². The summed E-state index contributed by atoms with van der Waals surface area (Å²) in [4.78, 5) is 23.3. The molecule has 0 spiro atoms. The van der Waals surface area contributed by atoms with Crippen LogP contribution in [0.25, 0.3) is 0 Å². The highest BCUT2D eigenvalue weighted by Crippen LogP contribution is 2.10. The van der Waals surface area contributed by atoms with E-state index in [9.17, 15) is 9.59 Å². The number of rotatable bonds is 5. The third-order valence-electron chi connectivity index (χ3n) is 2.56. The van der Waals surface area contributed by atoms with Gasteiger partial charge in [0.15, 0.2) is 0 Å². The lowest BCUT2D eigenvalue weighted by atomic mass is 10.2. The van der Waals surface area contributed by atoms with Crippen LogP contribution in [-0.2, 0) is 4.79 Å². The molecule has 2 rings (SSSR count). The number of anilines is 1. The Morgan fingerprint density at radius 1 is 1.15 bits per heavy atom. The first-order valence-electron chi connectivity index (χ1n) is 6.25. The predicted octanol–water partition coefficient (Wildman–Crippen LogP) is 1.40. The molecule has 0 radical (unpaired) electrons. The summed E-state index contributed by atoms with van der Waals surface area (Å²) < 4.78 is 1.36. The molecular weight excluding hydrogens is 258 g/mol. The maximum atomic E-state index is 11.9. The van der Waals surface area contributed by atoms with Gasteiger partial charge in [-0.3, -0.25) is 15.0 Å². The smallest absolute Gasteiger partial charge is 0.270 e. The number of amides is 2. The molecule has 0 bridgehead atoms. The van der Waals surface area contributed by atoms with Gasteiger partial charge in [-0.1, -0.05) is 6.92 Å². The quantitative estimate of drug-likeness (QED) is 0.861. The molecule has 2 amide bonds. The molecule has 104 valence electrons. The fourth-order valence-electron chi connectivity index (χ4n) is 1.60. The summed E-state index contributed by atoms with van der Waals surface area (Å²) in [5.41, 5.74) is 3.73. The maximum Gasteiger partial charge on any atom is 0.270 e. The van der Waals surface area contributed by atoms with Gasteiger partial charge in [0.05, 0.1) is 0 Å². The monoisotopic (exact) mass is 273 g/mol. The Kier molecular flexibility index (Phi) is 4.43. The van der Waals surface area contributed by atoms with Gasteiger partial charge in [-0.05, 0) is 30.7 Å². The first-order valence-corrected chi connectivity index (χ1v) is 6.25. The predicted molar refractivity (Wildman–Crippen MR) is 73.7 cm³/mol. The summed E-state index contributed by atoms with van der Waals surface area (Å²) in [6.07, 6.45) is 4.05. The summed E-state index contributed by atoms with van der Waals surface area (Å²) in [5, 5.41) is 9.93. The number of benzene rings is 1. The molecule has 1 aromatic heterocycles. The molecule has 0 aliphatic heterocycles. The second-order valence-corrected chi connectivity index (χ2v) is 4.19. The highest BCUT2D eigenvalue weighted by Gasteiger charge is 2.06. The number of hydrogen-bond donors (Lipinski definition) is 2. The summed E-state index contributed by atoms with van der Waals surface area (Å²) in [6.45, 7) is 1.94. The van der Waals surface area contributed by atoms with Crippen molar-refractivity contribution in [2.24, 2.45) is 0 Å². The van der Waals surface area contributed by atoms with E-state index in [0.717, 1.165) is 6.42 Å². The minimum Gasteiger partial charge on any atom is -0.326 e. The summed E-state index contributed by atoms with van der Waals surface area (Å²) in [5.74, 6) is -0.314. The van der Waals surface area contributed by atoms with E-state index >= 15 is 0 Å². The number of aromatic nitrogens is 3.